The number of para-hydroxylation sites is 1. The van der Waals surface area contributed by atoms with E-state index in [1.807, 2.05) is 30.3 Å². The van der Waals surface area contributed by atoms with Gasteiger partial charge in [-0.1, -0.05) is 18.2 Å². The lowest BCUT2D eigenvalue weighted by Gasteiger charge is -2.32. The summed E-state index contributed by atoms with van der Waals surface area (Å²) in [5.74, 6) is 1.58. The first-order valence-corrected chi connectivity index (χ1v) is 9.95. The van der Waals surface area contributed by atoms with Gasteiger partial charge in [0.05, 0.1) is 5.92 Å². The number of pyridine rings is 1. The van der Waals surface area contributed by atoms with Gasteiger partial charge < -0.3 is 15.0 Å². The molecular formula is C22H25N3O3. The highest BCUT2D eigenvalue weighted by molar-refractivity contribution is 5.95. The molecule has 6 heteroatoms. The molecule has 0 radical (unpaired) electrons. The minimum absolute atomic E-state index is 0.0761. The second-order valence-electron chi connectivity index (χ2n) is 7.58. The number of nitrogens with one attached hydrogen (secondary N) is 1. The van der Waals surface area contributed by atoms with Crippen LogP contribution < -0.4 is 10.1 Å². The summed E-state index contributed by atoms with van der Waals surface area (Å²) < 4.78 is 5.73. The molecule has 1 aliphatic carbocycles. The van der Waals surface area contributed by atoms with Crippen molar-refractivity contribution in [1.82, 2.24) is 15.2 Å². The number of rotatable bonds is 6. The summed E-state index contributed by atoms with van der Waals surface area (Å²) >= 11 is 0. The zero-order chi connectivity index (χ0) is 19.3. The Morgan fingerprint density at radius 1 is 1.14 bits per heavy atom. The molecule has 2 heterocycles. The van der Waals surface area contributed by atoms with E-state index < -0.39 is 0 Å². The number of carbonyl (C=O) groups excluding carboxylic acids is 2. The Morgan fingerprint density at radius 2 is 1.96 bits per heavy atom. The molecule has 1 aromatic heterocycles. The van der Waals surface area contributed by atoms with Crippen LogP contribution in [0.3, 0.4) is 0 Å². The third-order valence-electron chi connectivity index (χ3n) is 5.29. The molecule has 4 rings (SSSR count). The predicted molar refractivity (Wildman–Crippen MR) is 105 cm³/mol. The maximum Gasteiger partial charge on any atom is 0.254 e. The Kier molecular flexibility index (Phi) is 5.55. The van der Waals surface area contributed by atoms with Crippen molar-refractivity contribution < 1.29 is 14.3 Å². The molecule has 146 valence electrons. The lowest BCUT2D eigenvalue weighted by Crippen LogP contribution is -2.45. The number of amides is 2. The number of likely N-dealkylation sites (tertiary alicyclic amines) is 1. The van der Waals surface area contributed by atoms with Crippen molar-refractivity contribution in [3.05, 3.63) is 54.2 Å². The molecule has 2 aliphatic rings. The first-order valence-electron chi connectivity index (χ1n) is 9.95. The number of hydrogen-bond donors (Lipinski definition) is 1. The van der Waals surface area contributed by atoms with E-state index in [-0.39, 0.29) is 17.7 Å². The van der Waals surface area contributed by atoms with Gasteiger partial charge in [0.15, 0.2) is 0 Å². The average Bonchev–Trinajstić information content (AvgIpc) is 3.57. The normalized spacial score (nSPS) is 19.1. The van der Waals surface area contributed by atoms with Gasteiger partial charge in [-0.15, -0.1) is 0 Å². The molecule has 2 amide bonds. The van der Waals surface area contributed by atoms with Gasteiger partial charge in [-0.2, -0.15) is 0 Å². The Labute approximate surface area is 164 Å². The van der Waals surface area contributed by atoms with Gasteiger partial charge in [0.1, 0.15) is 5.75 Å². The SMILES string of the molecule is O=C(NCC1CC1)C1CCCN(C(=O)c2ccnc(Oc3ccccc3)c2)C1. The summed E-state index contributed by atoms with van der Waals surface area (Å²) in [6.45, 7) is 1.91. The van der Waals surface area contributed by atoms with Crippen LogP contribution in [0.2, 0.25) is 0 Å². The van der Waals surface area contributed by atoms with Gasteiger partial charge in [-0.25, -0.2) is 4.98 Å². The van der Waals surface area contributed by atoms with E-state index in [0.29, 0.717) is 36.2 Å². The third kappa shape index (κ3) is 4.68. The summed E-state index contributed by atoms with van der Waals surface area (Å²) in [6, 6.07) is 12.7. The molecule has 1 saturated heterocycles. The minimum atomic E-state index is -0.127. The molecule has 28 heavy (non-hydrogen) atoms. The maximum absolute atomic E-state index is 13.0. The minimum Gasteiger partial charge on any atom is -0.439 e. The van der Waals surface area contributed by atoms with Crippen molar-refractivity contribution in [1.29, 1.82) is 0 Å². The van der Waals surface area contributed by atoms with Gasteiger partial charge >= 0.3 is 0 Å². The standard InChI is InChI=1S/C22H25N3O3/c26-21(24-14-16-8-9-16)18-5-4-12-25(15-18)22(27)17-10-11-23-20(13-17)28-19-6-2-1-3-7-19/h1-3,6-7,10-11,13,16,18H,4-5,8-9,12,14-15H2,(H,24,26). The van der Waals surface area contributed by atoms with E-state index in [1.54, 1.807) is 23.2 Å². The van der Waals surface area contributed by atoms with Gasteiger partial charge in [-0.3, -0.25) is 9.59 Å². The molecule has 1 unspecified atom stereocenters. The van der Waals surface area contributed by atoms with Gasteiger partial charge in [0.2, 0.25) is 11.8 Å². The molecule has 0 spiro atoms. The average molecular weight is 379 g/mol. The Hall–Kier alpha value is -2.89. The molecule has 1 saturated carbocycles. The zero-order valence-electron chi connectivity index (χ0n) is 15.8. The van der Waals surface area contributed by atoms with Crippen molar-refractivity contribution in [3.8, 4) is 11.6 Å². The highest BCUT2D eigenvalue weighted by Crippen LogP contribution is 2.28. The van der Waals surface area contributed by atoms with Crippen LogP contribution in [0.4, 0.5) is 0 Å². The fourth-order valence-electron chi connectivity index (χ4n) is 3.48. The molecule has 1 aliphatic heterocycles. The van der Waals surface area contributed by atoms with Crippen molar-refractivity contribution >= 4 is 11.8 Å². The van der Waals surface area contributed by atoms with E-state index in [0.717, 1.165) is 19.4 Å². The largest absolute Gasteiger partial charge is 0.439 e. The fraction of sp³-hybridized carbons (Fsp3) is 0.409. The predicted octanol–water partition coefficient (Wildman–Crippen LogP) is 3.25. The first kappa shape index (κ1) is 18.5. The number of nitrogens with zero attached hydrogens (tertiary/aromatic N) is 2. The van der Waals surface area contributed by atoms with Crippen LogP contribution in [0.1, 0.15) is 36.0 Å². The summed E-state index contributed by atoms with van der Waals surface area (Å²) in [5, 5.41) is 3.04. The van der Waals surface area contributed by atoms with Crippen LogP contribution in [0.5, 0.6) is 11.6 Å². The molecular weight excluding hydrogens is 354 g/mol. The van der Waals surface area contributed by atoms with Crippen LogP contribution >= 0.6 is 0 Å². The molecule has 2 aromatic rings. The van der Waals surface area contributed by atoms with E-state index in [2.05, 4.69) is 10.3 Å². The van der Waals surface area contributed by atoms with Crippen LogP contribution in [0.25, 0.3) is 0 Å². The fourth-order valence-corrected chi connectivity index (χ4v) is 3.48. The lowest BCUT2D eigenvalue weighted by molar-refractivity contribution is -0.126. The lowest BCUT2D eigenvalue weighted by atomic mass is 9.96. The van der Waals surface area contributed by atoms with Crippen molar-refractivity contribution in [2.75, 3.05) is 19.6 Å². The quantitative estimate of drug-likeness (QED) is 0.836. The Bertz CT molecular complexity index is 836. The third-order valence-corrected chi connectivity index (χ3v) is 5.29. The monoisotopic (exact) mass is 379 g/mol. The van der Waals surface area contributed by atoms with E-state index >= 15 is 0 Å². The van der Waals surface area contributed by atoms with E-state index in [1.165, 1.54) is 12.8 Å². The summed E-state index contributed by atoms with van der Waals surface area (Å²) in [7, 11) is 0. The number of carbonyl (C=O) groups is 2. The summed E-state index contributed by atoms with van der Waals surface area (Å²) in [5.41, 5.74) is 0.528. The van der Waals surface area contributed by atoms with Gasteiger partial charge in [0, 0.05) is 37.5 Å². The van der Waals surface area contributed by atoms with Gasteiger partial charge in [-0.05, 0) is 49.8 Å². The summed E-state index contributed by atoms with van der Waals surface area (Å²) in [6.07, 6.45) is 5.68. The number of piperidine rings is 1. The van der Waals surface area contributed by atoms with Crippen LogP contribution in [-0.4, -0.2) is 41.3 Å². The molecule has 1 atom stereocenters. The summed E-state index contributed by atoms with van der Waals surface area (Å²) in [4.78, 5) is 31.3. The van der Waals surface area contributed by atoms with Crippen molar-refractivity contribution in [3.63, 3.8) is 0 Å². The Morgan fingerprint density at radius 3 is 2.75 bits per heavy atom. The molecule has 1 aromatic carbocycles. The topological polar surface area (TPSA) is 71.5 Å². The van der Waals surface area contributed by atoms with Crippen LogP contribution in [-0.2, 0) is 4.79 Å². The van der Waals surface area contributed by atoms with Crippen LogP contribution in [0.15, 0.2) is 48.7 Å². The number of aromatic nitrogens is 1. The smallest absolute Gasteiger partial charge is 0.254 e. The number of ether oxygens (including phenoxy) is 1. The van der Waals surface area contributed by atoms with Gasteiger partial charge in [0.25, 0.3) is 5.91 Å². The van der Waals surface area contributed by atoms with Crippen molar-refractivity contribution in [2.45, 2.75) is 25.7 Å². The molecule has 2 fully saturated rings. The number of hydrogen-bond acceptors (Lipinski definition) is 4. The second kappa shape index (κ2) is 8.42. The van der Waals surface area contributed by atoms with E-state index in [9.17, 15) is 9.59 Å². The first-order chi connectivity index (χ1) is 13.7. The van der Waals surface area contributed by atoms with Crippen LogP contribution in [0, 0.1) is 11.8 Å². The maximum atomic E-state index is 13.0. The van der Waals surface area contributed by atoms with Crippen molar-refractivity contribution in [2.24, 2.45) is 11.8 Å². The van der Waals surface area contributed by atoms with E-state index in [4.69, 9.17) is 4.74 Å². The molecule has 6 nitrogen and oxygen atoms in total. The Balaban J connectivity index is 1.39. The number of benzene rings is 1. The zero-order valence-corrected chi connectivity index (χ0v) is 15.8. The highest BCUT2D eigenvalue weighted by Gasteiger charge is 2.30. The highest BCUT2D eigenvalue weighted by atomic mass is 16.5. The molecule has 0 bridgehead atoms. The molecule has 1 N–H and O–H groups in total. The second-order valence-corrected chi connectivity index (χ2v) is 7.58.